The zero-order valence-corrected chi connectivity index (χ0v) is 9.98. The minimum atomic E-state index is -5.19. The van der Waals surface area contributed by atoms with Crippen molar-refractivity contribution in [1.29, 1.82) is 0 Å². The minimum Gasteiger partial charge on any atom is -0.542 e. The number of carboxylic acids is 1. The summed E-state index contributed by atoms with van der Waals surface area (Å²) in [4.78, 5) is 8.78. The topological polar surface area (TPSA) is 48.9 Å². The highest BCUT2D eigenvalue weighted by atomic mass is 19.4. The number of unbranched alkanes of at least 4 members (excludes halogenated alkanes) is 1. The Labute approximate surface area is 103 Å². The first-order valence-electron chi connectivity index (χ1n) is 5.28. The Morgan fingerprint density at radius 1 is 1.56 bits per heavy atom. The van der Waals surface area contributed by atoms with Crippen LogP contribution >= 0.6 is 0 Å². The number of halogens is 3. The number of hydrogen-bond acceptors (Lipinski definition) is 2. The fourth-order valence-electron chi connectivity index (χ4n) is 0.992. The molecule has 0 amide bonds. The summed E-state index contributed by atoms with van der Waals surface area (Å²) in [7, 11) is 0. The average molecular weight is 264 g/mol. The van der Waals surface area contributed by atoms with Crippen LogP contribution in [0.25, 0.3) is 6.20 Å². The van der Waals surface area contributed by atoms with Gasteiger partial charge in [-0.15, -0.1) is 0 Å². The smallest absolute Gasteiger partial charge is 0.430 e. The molecule has 102 valence electrons. The molecule has 0 aromatic carbocycles. The number of carboxylic acid groups (broad SMARTS) is 1. The van der Waals surface area contributed by atoms with Gasteiger partial charge >= 0.3 is 6.18 Å². The highest BCUT2D eigenvalue weighted by molar-refractivity contribution is 5.70. The summed E-state index contributed by atoms with van der Waals surface area (Å²) in [6, 6.07) is 0. The molecule has 0 fully saturated rings. The van der Waals surface area contributed by atoms with E-state index in [2.05, 4.69) is 24.3 Å². The summed E-state index contributed by atoms with van der Waals surface area (Å²) in [6.45, 7) is 6.98. The maximum atomic E-state index is 10.5. The van der Waals surface area contributed by atoms with Crippen molar-refractivity contribution in [2.24, 2.45) is 0 Å². The summed E-state index contributed by atoms with van der Waals surface area (Å²) in [6.07, 6.45) is 5.20. The van der Waals surface area contributed by atoms with E-state index in [0.717, 1.165) is 6.54 Å². The van der Waals surface area contributed by atoms with Gasteiger partial charge in [0, 0.05) is 0 Å². The Morgan fingerprint density at radius 3 is 2.44 bits per heavy atom. The van der Waals surface area contributed by atoms with Crippen molar-refractivity contribution >= 4 is 12.2 Å². The molecule has 0 N–H and O–H groups in total. The van der Waals surface area contributed by atoms with Crippen LogP contribution in [-0.2, 0) is 11.3 Å². The van der Waals surface area contributed by atoms with Crippen LogP contribution < -0.4 is 9.67 Å². The average Bonchev–Trinajstić information content (AvgIpc) is 2.73. The molecule has 0 unspecified atom stereocenters. The largest absolute Gasteiger partial charge is 0.542 e. The quantitative estimate of drug-likeness (QED) is 0.761. The second kappa shape index (κ2) is 7.52. The van der Waals surface area contributed by atoms with E-state index in [4.69, 9.17) is 9.90 Å². The van der Waals surface area contributed by atoms with E-state index in [0.29, 0.717) is 0 Å². The number of aryl methyl sites for hydroxylation is 1. The number of carbonyl (C=O) groups excluding carboxylic acids is 1. The molecule has 0 aliphatic rings. The molecule has 0 atom stereocenters. The molecule has 0 aliphatic carbocycles. The fraction of sp³-hybridized carbons (Fsp3) is 0.455. The number of imidazole rings is 1. The lowest BCUT2D eigenvalue weighted by Crippen LogP contribution is -2.37. The highest BCUT2D eigenvalue weighted by Crippen LogP contribution is 2.11. The zero-order valence-electron chi connectivity index (χ0n) is 9.98. The number of aromatic nitrogens is 2. The molecule has 0 aliphatic heterocycles. The lowest BCUT2D eigenvalue weighted by atomic mass is 10.3. The van der Waals surface area contributed by atoms with Gasteiger partial charge in [0.1, 0.15) is 18.4 Å². The van der Waals surface area contributed by atoms with Gasteiger partial charge in [-0.25, -0.2) is 9.13 Å². The van der Waals surface area contributed by atoms with E-state index in [-0.39, 0.29) is 0 Å². The summed E-state index contributed by atoms with van der Waals surface area (Å²) in [5, 5.41) is 8.78. The van der Waals surface area contributed by atoms with Gasteiger partial charge < -0.3 is 9.90 Å². The van der Waals surface area contributed by atoms with Crippen molar-refractivity contribution < 1.29 is 27.6 Å². The van der Waals surface area contributed by atoms with E-state index in [9.17, 15) is 13.2 Å². The first-order chi connectivity index (χ1) is 8.31. The van der Waals surface area contributed by atoms with Gasteiger partial charge in [0.15, 0.2) is 0 Å². The van der Waals surface area contributed by atoms with E-state index < -0.39 is 12.1 Å². The van der Waals surface area contributed by atoms with E-state index in [1.165, 1.54) is 12.8 Å². The first-order valence-corrected chi connectivity index (χ1v) is 5.28. The van der Waals surface area contributed by atoms with Crippen LogP contribution in [-0.4, -0.2) is 16.7 Å². The normalized spacial score (nSPS) is 10.4. The molecule has 0 saturated heterocycles. The number of rotatable bonds is 4. The van der Waals surface area contributed by atoms with Gasteiger partial charge in [0.2, 0.25) is 6.33 Å². The molecule has 1 rings (SSSR count). The molecule has 4 nitrogen and oxygen atoms in total. The van der Waals surface area contributed by atoms with Crippen LogP contribution in [0.4, 0.5) is 13.2 Å². The van der Waals surface area contributed by atoms with Gasteiger partial charge in [-0.05, 0) is 6.42 Å². The molecule has 0 spiro atoms. The van der Waals surface area contributed by atoms with Crippen molar-refractivity contribution in [2.75, 3.05) is 0 Å². The van der Waals surface area contributed by atoms with Crippen LogP contribution in [0.5, 0.6) is 0 Å². The maximum Gasteiger partial charge on any atom is 0.430 e. The molecule has 7 heteroatoms. The molecular formula is C11H15F3N2O2. The van der Waals surface area contributed by atoms with Crippen LogP contribution in [0.2, 0.25) is 0 Å². The predicted octanol–water partition coefficient (Wildman–Crippen LogP) is 0.975. The molecule has 1 aromatic rings. The summed E-state index contributed by atoms with van der Waals surface area (Å²) in [5.41, 5.74) is 0. The Balaban J connectivity index is 0.000000360. The van der Waals surface area contributed by atoms with Gasteiger partial charge in [-0.2, -0.15) is 13.2 Å². The third-order valence-electron chi connectivity index (χ3n) is 1.92. The Hall–Kier alpha value is -1.79. The van der Waals surface area contributed by atoms with Gasteiger partial charge in [0.05, 0.1) is 12.7 Å². The number of nitrogens with zero attached hydrogens (tertiary/aromatic N) is 2. The Morgan fingerprint density at radius 2 is 2.11 bits per heavy atom. The molecule has 18 heavy (non-hydrogen) atoms. The van der Waals surface area contributed by atoms with Crippen LogP contribution in [0.15, 0.2) is 25.3 Å². The maximum absolute atomic E-state index is 10.5. The van der Waals surface area contributed by atoms with Crippen molar-refractivity contribution in [3.8, 4) is 0 Å². The van der Waals surface area contributed by atoms with Gasteiger partial charge in [-0.1, -0.05) is 19.9 Å². The Kier molecular flexibility index (Phi) is 6.77. The van der Waals surface area contributed by atoms with E-state index >= 15 is 0 Å². The fourth-order valence-corrected chi connectivity index (χ4v) is 0.992. The molecule has 1 heterocycles. The van der Waals surface area contributed by atoms with Crippen molar-refractivity contribution in [3.05, 3.63) is 25.3 Å². The number of hydrogen-bond donors (Lipinski definition) is 0. The number of alkyl halides is 3. The van der Waals surface area contributed by atoms with Crippen LogP contribution in [0.1, 0.15) is 19.8 Å². The lowest BCUT2D eigenvalue weighted by Gasteiger charge is -2.03. The summed E-state index contributed by atoms with van der Waals surface area (Å²) < 4.78 is 35.7. The molecule has 0 saturated carbocycles. The zero-order chi connectivity index (χ0) is 14.2. The van der Waals surface area contributed by atoms with E-state index in [1.807, 2.05) is 17.1 Å². The highest BCUT2D eigenvalue weighted by Gasteiger charge is 2.28. The van der Waals surface area contributed by atoms with Crippen molar-refractivity contribution in [1.82, 2.24) is 4.57 Å². The predicted molar refractivity (Wildman–Crippen MR) is 57.0 cm³/mol. The summed E-state index contributed by atoms with van der Waals surface area (Å²) >= 11 is 0. The third-order valence-corrected chi connectivity index (χ3v) is 1.92. The molecule has 0 bridgehead atoms. The number of carbonyl (C=O) groups is 1. The van der Waals surface area contributed by atoms with Crippen molar-refractivity contribution in [3.63, 3.8) is 0 Å². The second-order valence-electron chi connectivity index (χ2n) is 3.42. The standard InChI is InChI=1S/C9H15N2.C2HF3O2/c1-3-5-6-11-8-7-10(4-2)9-11;3-2(4,5)1(6)7/h4,7-9H,2-3,5-6H2,1H3;(H,6,7)/q+1;/p-1. The third kappa shape index (κ3) is 6.72. The van der Waals surface area contributed by atoms with Crippen LogP contribution in [0.3, 0.4) is 0 Å². The minimum absolute atomic E-state index is 1.11. The monoisotopic (exact) mass is 264 g/mol. The SMILES string of the molecule is C=Cn1cc[n+](CCCC)c1.O=C([O-])C(F)(F)F. The number of aliphatic carboxylic acids is 1. The lowest BCUT2D eigenvalue weighted by molar-refractivity contribution is -0.696. The molecular weight excluding hydrogens is 249 g/mol. The van der Waals surface area contributed by atoms with E-state index in [1.54, 1.807) is 6.20 Å². The second-order valence-corrected chi connectivity index (χ2v) is 3.42. The Bertz CT molecular complexity index is 386. The summed E-state index contributed by atoms with van der Waals surface area (Å²) in [5.74, 6) is -3.01. The van der Waals surface area contributed by atoms with Crippen molar-refractivity contribution in [2.45, 2.75) is 32.5 Å². The molecule has 0 radical (unpaired) electrons. The van der Waals surface area contributed by atoms with Crippen LogP contribution in [0, 0.1) is 0 Å². The van der Waals surface area contributed by atoms with Gasteiger partial charge in [-0.3, -0.25) is 0 Å². The molecule has 1 aromatic heterocycles. The first kappa shape index (κ1) is 16.2. The van der Waals surface area contributed by atoms with Gasteiger partial charge in [0.25, 0.3) is 0 Å².